The Morgan fingerprint density at radius 1 is 1.02 bits per heavy atom. The highest BCUT2D eigenvalue weighted by atomic mass is 32.2. The summed E-state index contributed by atoms with van der Waals surface area (Å²) in [7, 11) is -3.99. The number of Topliss-reactive ketones (excluding diaryl/α,β-unsaturated/α-hetero) is 1. The summed E-state index contributed by atoms with van der Waals surface area (Å²) in [5, 5.41) is 14.5. The van der Waals surface area contributed by atoms with E-state index in [0.29, 0.717) is 18.0 Å². The monoisotopic (exact) mass is 571 g/mol. The third-order valence-corrected chi connectivity index (χ3v) is 7.48. The van der Waals surface area contributed by atoms with E-state index in [-0.39, 0.29) is 35.6 Å². The molecule has 0 saturated carbocycles. The van der Waals surface area contributed by atoms with Crippen molar-refractivity contribution < 1.29 is 32.4 Å². The number of ketones is 1. The number of sulfonamides is 1. The van der Waals surface area contributed by atoms with Crippen LogP contribution in [0.3, 0.4) is 0 Å². The Kier molecular flexibility index (Phi) is 10.3. The average molecular weight is 572 g/mol. The third-order valence-electron chi connectivity index (χ3n) is 6.00. The van der Waals surface area contributed by atoms with E-state index in [4.69, 9.17) is 9.47 Å². The van der Waals surface area contributed by atoms with Crippen molar-refractivity contribution in [1.82, 2.24) is 10.0 Å². The molecule has 0 amide bonds. The quantitative estimate of drug-likeness (QED) is 0.159. The first kappa shape index (κ1) is 30.7. The summed E-state index contributed by atoms with van der Waals surface area (Å²) in [5.41, 5.74) is 1.76. The van der Waals surface area contributed by atoms with E-state index in [1.807, 2.05) is 30.3 Å². The molecule has 40 heavy (non-hydrogen) atoms. The Hall–Kier alpha value is -3.87. The van der Waals surface area contributed by atoms with Gasteiger partial charge in [0, 0.05) is 41.1 Å². The van der Waals surface area contributed by atoms with E-state index in [1.54, 1.807) is 33.8 Å². The smallest absolute Gasteiger partial charge is 0.336 e. The van der Waals surface area contributed by atoms with Crippen LogP contribution in [0.2, 0.25) is 0 Å². The highest BCUT2D eigenvalue weighted by Crippen LogP contribution is 2.40. The van der Waals surface area contributed by atoms with Gasteiger partial charge in [0.25, 0.3) is 5.69 Å². The first-order valence-electron chi connectivity index (χ1n) is 12.6. The second kappa shape index (κ2) is 13.5. The number of benzene rings is 2. The first-order valence-corrected chi connectivity index (χ1v) is 14.3. The maximum Gasteiger partial charge on any atom is 0.336 e. The van der Waals surface area contributed by atoms with Gasteiger partial charge in [-0.2, -0.15) is 0 Å². The molecule has 1 unspecified atom stereocenters. The van der Waals surface area contributed by atoms with Crippen LogP contribution in [-0.4, -0.2) is 50.1 Å². The molecule has 12 heteroatoms. The molecule has 1 atom stereocenters. The summed E-state index contributed by atoms with van der Waals surface area (Å²) in [4.78, 5) is 37.8. The molecule has 1 aliphatic heterocycles. The van der Waals surface area contributed by atoms with Crippen molar-refractivity contribution in [3.63, 3.8) is 0 Å². The van der Waals surface area contributed by atoms with E-state index in [1.165, 1.54) is 18.2 Å². The molecule has 1 aliphatic rings. The van der Waals surface area contributed by atoms with Crippen LogP contribution >= 0.6 is 0 Å². The van der Waals surface area contributed by atoms with Gasteiger partial charge in [0.15, 0.2) is 5.78 Å². The topological polar surface area (TPSA) is 154 Å². The fourth-order valence-electron chi connectivity index (χ4n) is 4.47. The number of non-ortho nitro benzene ring substituents is 1. The summed E-state index contributed by atoms with van der Waals surface area (Å²) in [6.45, 7) is 6.83. The zero-order valence-corrected chi connectivity index (χ0v) is 23.6. The van der Waals surface area contributed by atoms with Gasteiger partial charge in [-0.15, -0.1) is 0 Å². The number of hydrogen-bond donors (Lipinski definition) is 2. The van der Waals surface area contributed by atoms with Crippen LogP contribution < -0.4 is 10.0 Å². The van der Waals surface area contributed by atoms with Gasteiger partial charge < -0.3 is 14.8 Å². The van der Waals surface area contributed by atoms with Crippen molar-refractivity contribution >= 4 is 27.5 Å². The molecule has 0 radical (unpaired) electrons. The highest BCUT2D eigenvalue weighted by molar-refractivity contribution is 7.90. The van der Waals surface area contributed by atoms with Crippen LogP contribution in [0, 0.1) is 10.1 Å². The van der Waals surface area contributed by atoms with E-state index in [9.17, 15) is 28.1 Å². The van der Waals surface area contributed by atoms with Crippen molar-refractivity contribution in [2.75, 3.05) is 19.0 Å². The van der Waals surface area contributed by atoms with Crippen molar-refractivity contribution in [3.05, 3.63) is 98.4 Å². The summed E-state index contributed by atoms with van der Waals surface area (Å²) < 4.78 is 38.6. The Morgan fingerprint density at radius 2 is 1.70 bits per heavy atom. The van der Waals surface area contributed by atoms with Crippen molar-refractivity contribution in [3.8, 4) is 0 Å². The molecule has 2 aromatic carbocycles. The van der Waals surface area contributed by atoms with E-state index < -0.39 is 44.4 Å². The zero-order chi connectivity index (χ0) is 29.4. The molecule has 0 aromatic heterocycles. The van der Waals surface area contributed by atoms with Crippen LogP contribution in [0.15, 0.2) is 77.1 Å². The van der Waals surface area contributed by atoms with Gasteiger partial charge in [-0.25, -0.2) is 17.9 Å². The molecule has 0 aliphatic carbocycles. The lowest BCUT2D eigenvalue weighted by Crippen LogP contribution is -2.38. The van der Waals surface area contributed by atoms with Crippen molar-refractivity contribution in [2.24, 2.45) is 0 Å². The molecule has 0 fully saturated rings. The number of dihydropyridines is 1. The summed E-state index contributed by atoms with van der Waals surface area (Å²) in [5.74, 6) is -3.47. The largest absolute Gasteiger partial charge is 0.460 e. The molecule has 1 heterocycles. The number of nitro groups is 1. The number of nitro benzene ring substituents is 1. The van der Waals surface area contributed by atoms with Gasteiger partial charge in [0.05, 0.1) is 23.7 Å². The number of ether oxygens (including phenoxy) is 2. The fraction of sp³-hybridized carbons (Fsp3) is 0.357. The van der Waals surface area contributed by atoms with Gasteiger partial charge in [-0.3, -0.25) is 14.9 Å². The van der Waals surface area contributed by atoms with Crippen LogP contribution in [0.4, 0.5) is 5.69 Å². The molecule has 3 rings (SSSR count). The van der Waals surface area contributed by atoms with E-state index >= 15 is 0 Å². The van der Waals surface area contributed by atoms with Gasteiger partial charge in [-0.05, 0) is 38.8 Å². The molecule has 0 saturated heterocycles. The number of hydrogen-bond acceptors (Lipinski definition) is 9. The lowest BCUT2D eigenvalue weighted by atomic mass is 9.79. The molecule has 0 bridgehead atoms. The second-order valence-electron chi connectivity index (χ2n) is 9.62. The summed E-state index contributed by atoms with van der Waals surface area (Å²) in [6, 6.07) is 14.6. The van der Waals surface area contributed by atoms with Crippen molar-refractivity contribution in [2.45, 2.75) is 46.3 Å². The first-order chi connectivity index (χ1) is 18.9. The van der Waals surface area contributed by atoms with Crippen LogP contribution in [0.25, 0.3) is 0 Å². The highest BCUT2D eigenvalue weighted by Gasteiger charge is 2.38. The molecule has 2 N–H and O–H groups in total. The van der Waals surface area contributed by atoms with Crippen molar-refractivity contribution in [1.29, 1.82) is 0 Å². The fourth-order valence-corrected chi connectivity index (χ4v) is 5.77. The minimum atomic E-state index is -3.99. The van der Waals surface area contributed by atoms with Crippen LogP contribution in [-0.2, 0) is 35.7 Å². The maximum atomic E-state index is 13.5. The molecule has 0 spiro atoms. The Bertz CT molecular complexity index is 1430. The number of rotatable bonds is 13. The number of nitrogens with one attached hydrogen (secondary N) is 2. The minimum Gasteiger partial charge on any atom is -0.460 e. The Balaban J connectivity index is 1.90. The normalized spacial score (nSPS) is 15.7. The van der Waals surface area contributed by atoms with Crippen LogP contribution in [0.5, 0.6) is 0 Å². The number of carbonyl (C=O) groups excluding carboxylic acids is 2. The predicted molar refractivity (Wildman–Crippen MR) is 148 cm³/mol. The standard InChI is InChI=1S/C28H33N3O8S/c1-18(2)30-40(36,37)17-24(32)25-19(3)29-20(4)26(27(25)22-11-8-12-23(15-22)31(34)35)28(33)39-14-13-38-16-21-9-6-5-7-10-21/h5-12,15,18,27,29-30H,13-14,16-17H2,1-4H3. The maximum absolute atomic E-state index is 13.5. The summed E-state index contributed by atoms with van der Waals surface area (Å²) in [6.07, 6.45) is 0. The Labute approximate surface area is 233 Å². The molecular formula is C28H33N3O8S. The Morgan fingerprint density at radius 3 is 2.35 bits per heavy atom. The number of carbonyl (C=O) groups is 2. The van der Waals surface area contributed by atoms with E-state index in [0.717, 1.165) is 5.56 Å². The molecular weight excluding hydrogens is 538 g/mol. The van der Waals surface area contributed by atoms with Gasteiger partial charge in [0.1, 0.15) is 12.4 Å². The van der Waals surface area contributed by atoms with Crippen LogP contribution in [0.1, 0.15) is 44.7 Å². The number of nitrogens with zero attached hydrogens (tertiary/aromatic N) is 1. The summed E-state index contributed by atoms with van der Waals surface area (Å²) >= 11 is 0. The molecule has 11 nitrogen and oxygen atoms in total. The van der Waals surface area contributed by atoms with E-state index in [2.05, 4.69) is 10.0 Å². The minimum absolute atomic E-state index is 0.00695. The lowest BCUT2D eigenvalue weighted by molar-refractivity contribution is -0.384. The van der Waals surface area contributed by atoms with Gasteiger partial charge in [0.2, 0.25) is 10.0 Å². The lowest BCUT2D eigenvalue weighted by Gasteiger charge is -2.31. The number of esters is 1. The van der Waals surface area contributed by atoms with Gasteiger partial charge in [-0.1, -0.05) is 42.5 Å². The SMILES string of the molecule is CC1=C(C(=O)CS(=O)(=O)NC(C)C)C(c2cccc([N+](=O)[O-])c2)C(C(=O)OCCOCc2ccccc2)=C(C)N1. The number of allylic oxidation sites excluding steroid dienone is 3. The van der Waals surface area contributed by atoms with Gasteiger partial charge >= 0.3 is 5.97 Å². The predicted octanol–water partition coefficient (Wildman–Crippen LogP) is 3.49. The molecule has 214 valence electrons. The third kappa shape index (κ3) is 8.07. The zero-order valence-electron chi connectivity index (χ0n) is 22.8. The second-order valence-corrected chi connectivity index (χ2v) is 11.4. The average Bonchev–Trinajstić information content (AvgIpc) is 2.87. The molecule has 2 aromatic rings.